The van der Waals surface area contributed by atoms with Crippen LogP contribution < -0.4 is 16.4 Å². The number of carbonyl (C=O) groups is 2. The molecule has 1 aliphatic rings. The SMILES string of the molecule is CC1CC(NC(=O)CNC(=O)CN)CCN1C. The summed E-state index contributed by atoms with van der Waals surface area (Å²) in [5, 5.41) is 5.38. The summed E-state index contributed by atoms with van der Waals surface area (Å²) in [6.07, 6.45) is 1.91. The summed E-state index contributed by atoms with van der Waals surface area (Å²) in [7, 11) is 2.09. The van der Waals surface area contributed by atoms with Gasteiger partial charge in [0, 0.05) is 18.6 Å². The van der Waals surface area contributed by atoms with Crippen LogP contribution in [0, 0.1) is 0 Å². The summed E-state index contributed by atoms with van der Waals surface area (Å²) in [6.45, 7) is 3.06. The van der Waals surface area contributed by atoms with Crippen molar-refractivity contribution in [2.75, 3.05) is 26.7 Å². The van der Waals surface area contributed by atoms with Gasteiger partial charge in [0.2, 0.25) is 11.8 Å². The molecule has 1 saturated heterocycles. The summed E-state index contributed by atoms with van der Waals surface area (Å²) >= 11 is 0. The number of carbonyl (C=O) groups excluding carboxylic acids is 2. The van der Waals surface area contributed by atoms with E-state index in [-0.39, 0.29) is 30.9 Å². The van der Waals surface area contributed by atoms with Crippen molar-refractivity contribution in [3.63, 3.8) is 0 Å². The number of amides is 2. The van der Waals surface area contributed by atoms with Gasteiger partial charge in [-0.15, -0.1) is 0 Å². The highest BCUT2D eigenvalue weighted by atomic mass is 16.2. The quantitative estimate of drug-likeness (QED) is 0.569. The van der Waals surface area contributed by atoms with Crippen LogP contribution in [-0.4, -0.2) is 55.5 Å². The minimum atomic E-state index is -0.308. The summed E-state index contributed by atoms with van der Waals surface area (Å²) < 4.78 is 0. The van der Waals surface area contributed by atoms with E-state index in [4.69, 9.17) is 5.73 Å². The summed E-state index contributed by atoms with van der Waals surface area (Å²) in [5.74, 6) is -0.453. The lowest BCUT2D eigenvalue weighted by atomic mass is 9.99. The van der Waals surface area contributed by atoms with Gasteiger partial charge < -0.3 is 21.3 Å². The maximum absolute atomic E-state index is 11.5. The van der Waals surface area contributed by atoms with Crippen LogP contribution in [0.25, 0.3) is 0 Å². The Kier molecular flexibility index (Phi) is 5.37. The number of likely N-dealkylation sites (tertiary alicyclic amines) is 1. The van der Waals surface area contributed by atoms with Crippen molar-refractivity contribution in [1.29, 1.82) is 0 Å². The molecule has 6 nitrogen and oxygen atoms in total. The molecule has 1 heterocycles. The molecule has 4 N–H and O–H groups in total. The van der Waals surface area contributed by atoms with Gasteiger partial charge in [0.25, 0.3) is 0 Å². The molecule has 2 atom stereocenters. The highest BCUT2D eigenvalue weighted by molar-refractivity contribution is 5.85. The van der Waals surface area contributed by atoms with Gasteiger partial charge in [-0.25, -0.2) is 0 Å². The number of hydrogen-bond acceptors (Lipinski definition) is 4. The van der Waals surface area contributed by atoms with E-state index in [1.54, 1.807) is 0 Å². The van der Waals surface area contributed by atoms with Crippen LogP contribution in [0.5, 0.6) is 0 Å². The molecule has 0 aromatic rings. The first-order valence-electron chi connectivity index (χ1n) is 5.99. The lowest BCUT2D eigenvalue weighted by Gasteiger charge is -2.35. The van der Waals surface area contributed by atoms with Crippen LogP contribution in [0.15, 0.2) is 0 Å². The maximum Gasteiger partial charge on any atom is 0.239 e. The summed E-state index contributed by atoms with van der Waals surface area (Å²) in [6, 6.07) is 0.691. The predicted molar refractivity (Wildman–Crippen MR) is 65.3 cm³/mol. The number of nitrogens with two attached hydrogens (primary N) is 1. The van der Waals surface area contributed by atoms with Crippen molar-refractivity contribution in [1.82, 2.24) is 15.5 Å². The Hall–Kier alpha value is -1.14. The predicted octanol–water partition coefficient (Wildman–Crippen LogP) is -1.34. The lowest BCUT2D eigenvalue weighted by Crippen LogP contribution is -2.49. The second kappa shape index (κ2) is 6.56. The molecule has 17 heavy (non-hydrogen) atoms. The molecule has 6 heteroatoms. The molecule has 2 amide bonds. The monoisotopic (exact) mass is 242 g/mol. The number of hydrogen-bond donors (Lipinski definition) is 3. The molecule has 1 fully saturated rings. The third kappa shape index (κ3) is 4.70. The number of rotatable bonds is 4. The number of nitrogens with zero attached hydrogens (tertiary/aromatic N) is 1. The Bertz CT molecular complexity index is 283. The molecule has 0 radical (unpaired) electrons. The third-order valence-electron chi connectivity index (χ3n) is 3.20. The Morgan fingerprint density at radius 1 is 1.41 bits per heavy atom. The molecular weight excluding hydrogens is 220 g/mol. The Morgan fingerprint density at radius 2 is 2.12 bits per heavy atom. The average molecular weight is 242 g/mol. The molecule has 1 aliphatic heterocycles. The first-order chi connectivity index (χ1) is 8.02. The molecule has 98 valence electrons. The van der Waals surface area contributed by atoms with Crippen LogP contribution in [0.2, 0.25) is 0 Å². The fraction of sp³-hybridized carbons (Fsp3) is 0.818. The molecule has 0 aromatic carbocycles. The van der Waals surface area contributed by atoms with E-state index in [0.717, 1.165) is 19.4 Å². The normalized spacial score (nSPS) is 25.4. The molecule has 0 bridgehead atoms. The van der Waals surface area contributed by atoms with Gasteiger partial charge >= 0.3 is 0 Å². The van der Waals surface area contributed by atoms with Crippen LogP contribution in [0.3, 0.4) is 0 Å². The first kappa shape index (κ1) is 13.9. The van der Waals surface area contributed by atoms with E-state index in [1.165, 1.54) is 0 Å². The zero-order valence-corrected chi connectivity index (χ0v) is 10.5. The van der Waals surface area contributed by atoms with Gasteiger partial charge in [-0.1, -0.05) is 0 Å². The van der Waals surface area contributed by atoms with Gasteiger partial charge in [0.1, 0.15) is 0 Å². The second-order valence-corrected chi connectivity index (χ2v) is 4.60. The Labute approximate surface area is 102 Å². The van der Waals surface area contributed by atoms with Gasteiger partial charge in [0.05, 0.1) is 13.1 Å². The minimum Gasteiger partial charge on any atom is -0.352 e. The van der Waals surface area contributed by atoms with Gasteiger partial charge in [-0.3, -0.25) is 9.59 Å². The summed E-state index contributed by atoms with van der Waals surface area (Å²) in [5.41, 5.74) is 5.13. The number of piperidine rings is 1. The van der Waals surface area contributed by atoms with Crippen molar-refractivity contribution < 1.29 is 9.59 Å². The second-order valence-electron chi connectivity index (χ2n) is 4.60. The van der Waals surface area contributed by atoms with Crippen molar-refractivity contribution in [3.05, 3.63) is 0 Å². The van der Waals surface area contributed by atoms with E-state index in [2.05, 4.69) is 29.5 Å². The molecular formula is C11H22N4O2. The minimum absolute atomic E-state index is 0.0107. The van der Waals surface area contributed by atoms with E-state index in [0.29, 0.717) is 6.04 Å². The molecule has 2 unspecified atom stereocenters. The standard InChI is InChI=1S/C11H22N4O2/c1-8-5-9(3-4-15(8)2)14-11(17)7-13-10(16)6-12/h8-9H,3-7,12H2,1-2H3,(H,13,16)(H,14,17). The van der Waals surface area contributed by atoms with Crippen molar-refractivity contribution in [2.24, 2.45) is 5.73 Å². The van der Waals surface area contributed by atoms with E-state index in [1.807, 2.05) is 0 Å². The van der Waals surface area contributed by atoms with Gasteiger partial charge in [-0.2, -0.15) is 0 Å². The maximum atomic E-state index is 11.5. The highest BCUT2D eigenvalue weighted by Gasteiger charge is 2.23. The van der Waals surface area contributed by atoms with Crippen LogP contribution in [0.4, 0.5) is 0 Å². The molecule has 1 rings (SSSR count). The van der Waals surface area contributed by atoms with E-state index >= 15 is 0 Å². The summed E-state index contributed by atoms with van der Waals surface area (Å²) in [4.78, 5) is 24.7. The Morgan fingerprint density at radius 3 is 2.71 bits per heavy atom. The molecule has 0 aromatic heterocycles. The van der Waals surface area contributed by atoms with Gasteiger partial charge in [-0.05, 0) is 26.8 Å². The van der Waals surface area contributed by atoms with E-state index in [9.17, 15) is 9.59 Å². The number of nitrogens with one attached hydrogen (secondary N) is 2. The molecule has 0 saturated carbocycles. The Balaban J connectivity index is 2.25. The average Bonchev–Trinajstić information content (AvgIpc) is 2.31. The highest BCUT2D eigenvalue weighted by Crippen LogP contribution is 2.14. The van der Waals surface area contributed by atoms with Crippen molar-refractivity contribution >= 4 is 11.8 Å². The molecule has 0 aliphatic carbocycles. The van der Waals surface area contributed by atoms with Crippen LogP contribution in [-0.2, 0) is 9.59 Å². The van der Waals surface area contributed by atoms with Crippen molar-refractivity contribution in [2.45, 2.75) is 31.8 Å². The smallest absolute Gasteiger partial charge is 0.239 e. The fourth-order valence-corrected chi connectivity index (χ4v) is 1.95. The van der Waals surface area contributed by atoms with E-state index < -0.39 is 0 Å². The van der Waals surface area contributed by atoms with Crippen LogP contribution >= 0.6 is 0 Å². The zero-order valence-electron chi connectivity index (χ0n) is 10.5. The van der Waals surface area contributed by atoms with Crippen LogP contribution in [0.1, 0.15) is 19.8 Å². The first-order valence-corrected chi connectivity index (χ1v) is 5.99. The van der Waals surface area contributed by atoms with Crippen molar-refractivity contribution in [3.8, 4) is 0 Å². The topological polar surface area (TPSA) is 87.5 Å². The molecule has 0 spiro atoms. The fourth-order valence-electron chi connectivity index (χ4n) is 1.95. The third-order valence-corrected chi connectivity index (χ3v) is 3.20. The largest absolute Gasteiger partial charge is 0.352 e. The lowest BCUT2D eigenvalue weighted by molar-refractivity contribution is -0.126. The zero-order chi connectivity index (χ0) is 12.8. The van der Waals surface area contributed by atoms with Gasteiger partial charge in [0.15, 0.2) is 0 Å².